The van der Waals surface area contributed by atoms with E-state index in [1.165, 1.54) is 10.6 Å². The van der Waals surface area contributed by atoms with E-state index in [1.54, 1.807) is 14.2 Å². The van der Waals surface area contributed by atoms with Gasteiger partial charge in [-0.25, -0.2) is 0 Å². The predicted molar refractivity (Wildman–Crippen MR) is 98.1 cm³/mol. The molecule has 0 fully saturated rings. The zero-order valence-corrected chi connectivity index (χ0v) is 18.4. The second-order valence-corrected chi connectivity index (χ2v) is 7.26. The van der Waals surface area contributed by atoms with Crippen LogP contribution in [0.5, 0.6) is 0 Å². The molecule has 0 N–H and O–H groups in total. The Balaban J connectivity index is 0.000000599. The van der Waals surface area contributed by atoms with Gasteiger partial charge in [-0.2, -0.15) is 0 Å². The van der Waals surface area contributed by atoms with Gasteiger partial charge in [-0.3, -0.25) is 0 Å². The van der Waals surface area contributed by atoms with Gasteiger partial charge in [-0.05, 0) is 31.6 Å². The fourth-order valence-electron chi connectivity index (χ4n) is 1.80. The van der Waals surface area contributed by atoms with Crippen LogP contribution >= 0.6 is 19.5 Å². The molecule has 126 valence electrons. The van der Waals surface area contributed by atoms with Gasteiger partial charge in [-0.15, -0.1) is 11.6 Å². The standard InChI is InChI=1S/C14H14ClP.C4H10O2.W/c15-11-12-16(13-7-3-1-4-8-13)14-9-5-2-6-10-14;1-4(5-2)6-3;/h1-10H,11-12H2;4H,1-3H3;. The summed E-state index contributed by atoms with van der Waals surface area (Å²) in [5.74, 6) is 0.718. The summed E-state index contributed by atoms with van der Waals surface area (Å²) < 4.78 is 9.35. The number of rotatable bonds is 6. The van der Waals surface area contributed by atoms with Crippen LogP contribution in [0.2, 0.25) is 0 Å². The van der Waals surface area contributed by atoms with Gasteiger partial charge >= 0.3 is 0 Å². The van der Waals surface area contributed by atoms with Gasteiger partial charge in [0.15, 0.2) is 6.29 Å². The van der Waals surface area contributed by atoms with Crippen molar-refractivity contribution >= 4 is 30.1 Å². The molecule has 0 amide bonds. The maximum absolute atomic E-state index is 5.91. The summed E-state index contributed by atoms with van der Waals surface area (Å²) in [7, 11) is 2.93. The van der Waals surface area contributed by atoms with E-state index in [4.69, 9.17) is 11.6 Å². The molecule has 0 aliphatic heterocycles. The van der Waals surface area contributed by atoms with Crippen LogP contribution < -0.4 is 10.6 Å². The zero-order chi connectivity index (χ0) is 16.2. The third-order valence-corrected chi connectivity index (χ3v) is 6.07. The van der Waals surface area contributed by atoms with Crippen LogP contribution in [0, 0.1) is 0 Å². The molecule has 0 heterocycles. The van der Waals surface area contributed by atoms with Gasteiger partial charge in [0.1, 0.15) is 0 Å². The van der Waals surface area contributed by atoms with Crippen LogP contribution in [-0.4, -0.2) is 32.6 Å². The first-order valence-corrected chi connectivity index (χ1v) is 9.28. The second-order valence-electron chi connectivity index (χ2n) is 4.55. The van der Waals surface area contributed by atoms with E-state index in [0.29, 0.717) is 0 Å². The topological polar surface area (TPSA) is 18.5 Å². The van der Waals surface area contributed by atoms with Crippen molar-refractivity contribution in [3.8, 4) is 0 Å². The Morgan fingerprint density at radius 1 is 0.870 bits per heavy atom. The van der Waals surface area contributed by atoms with Crippen LogP contribution in [0.4, 0.5) is 0 Å². The van der Waals surface area contributed by atoms with Gasteiger partial charge in [0.2, 0.25) is 0 Å². The maximum atomic E-state index is 5.91. The number of alkyl halides is 1. The molecule has 0 saturated heterocycles. The van der Waals surface area contributed by atoms with Gasteiger partial charge in [0.05, 0.1) is 0 Å². The van der Waals surface area contributed by atoms with Gasteiger partial charge in [-0.1, -0.05) is 60.7 Å². The minimum absolute atomic E-state index is 0. The minimum Gasteiger partial charge on any atom is -0.356 e. The Morgan fingerprint density at radius 2 is 1.26 bits per heavy atom. The molecule has 2 rings (SSSR count). The first-order valence-electron chi connectivity index (χ1n) is 7.22. The fourth-order valence-corrected chi connectivity index (χ4v) is 4.36. The quantitative estimate of drug-likeness (QED) is 0.325. The van der Waals surface area contributed by atoms with E-state index in [1.807, 2.05) is 6.92 Å². The molecule has 0 unspecified atom stereocenters. The Bertz CT molecular complexity index is 455. The van der Waals surface area contributed by atoms with E-state index in [-0.39, 0.29) is 35.3 Å². The molecule has 23 heavy (non-hydrogen) atoms. The number of methoxy groups -OCH3 is 2. The molecule has 0 saturated carbocycles. The number of hydrogen-bond acceptors (Lipinski definition) is 2. The van der Waals surface area contributed by atoms with Crippen molar-refractivity contribution in [2.45, 2.75) is 13.2 Å². The first-order chi connectivity index (χ1) is 10.7. The van der Waals surface area contributed by atoms with Gasteiger partial charge < -0.3 is 9.47 Å². The molecule has 2 aromatic carbocycles. The van der Waals surface area contributed by atoms with Crippen molar-refractivity contribution in [2.75, 3.05) is 26.3 Å². The molecule has 0 spiro atoms. The third-order valence-electron chi connectivity index (χ3n) is 3.11. The van der Waals surface area contributed by atoms with E-state index in [9.17, 15) is 0 Å². The van der Waals surface area contributed by atoms with E-state index < -0.39 is 0 Å². The van der Waals surface area contributed by atoms with Gasteiger partial charge in [0, 0.05) is 41.2 Å². The van der Waals surface area contributed by atoms with Crippen molar-refractivity contribution in [2.24, 2.45) is 0 Å². The molecule has 0 bridgehead atoms. The van der Waals surface area contributed by atoms with E-state index in [0.717, 1.165) is 12.0 Å². The fraction of sp³-hybridized carbons (Fsp3) is 0.333. The molecule has 2 nitrogen and oxygen atoms in total. The van der Waals surface area contributed by atoms with Crippen LogP contribution in [0.15, 0.2) is 60.7 Å². The minimum atomic E-state index is -0.283. The first kappa shape index (κ1) is 22.8. The molecule has 0 radical (unpaired) electrons. The van der Waals surface area contributed by atoms with Crippen molar-refractivity contribution in [1.29, 1.82) is 0 Å². The van der Waals surface area contributed by atoms with Crippen molar-refractivity contribution in [3.05, 3.63) is 60.7 Å². The molecule has 5 heteroatoms. The summed E-state index contributed by atoms with van der Waals surface area (Å²) in [6.45, 7) is 1.83. The Kier molecular flexibility index (Phi) is 14.0. The van der Waals surface area contributed by atoms with Crippen LogP contribution in [0.3, 0.4) is 0 Å². The van der Waals surface area contributed by atoms with Crippen LogP contribution in [-0.2, 0) is 30.5 Å². The largest absolute Gasteiger partial charge is 0.356 e. The normalized spacial score (nSPS) is 10.0. The average Bonchev–Trinajstić information content (AvgIpc) is 2.61. The molecule has 2 aromatic rings. The molecule has 0 aliphatic rings. The zero-order valence-electron chi connectivity index (χ0n) is 13.8. The number of ether oxygens (including phenoxy) is 2. The SMILES string of the molecule is COC(C)OC.ClCCP(c1ccccc1)c1ccccc1.[W]. The van der Waals surface area contributed by atoms with Crippen molar-refractivity contribution < 1.29 is 30.5 Å². The smallest absolute Gasteiger partial charge is 0.154 e. The van der Waals surface area contributed by atoms with Gasteiger partial charge in [0.25, 0.3) is 0 Å². The Morgan fingerprint density at radius 3 is 1.52 bits per heavy atom. The van der Waals surface area contributed by atoms with Crippen LogP contribution in [0.25, 0.3) is 0 Å². The van der Waals surface area contributed by atoms with Crippen molar-refractivity contribution in [1.82, 2.24) is 0 Å². The number of benzene rings is 2. The molecular formula is C18H24ClO2PW. The summed E-state index contributed by atoms with van der Waals surface area (Å²) in [5.41, 5.74) is 0. The predicted octanol–water partition coefficient (Wildman–Crippen LogP) is 3.98. The molecular weight excluding hydrogens is 498 g/mol. The average molecular weight is 523 g/mol. The van der Waals surface area contributed by atoms with Crippen LogP contribution in [0.1, 0.15) is 6.92 Å². The molecule has 0 atom stereocenters. The summed E-state index contributed by atoms with van der Waals surface area (Å²) >= 11 is 5.91. The number of hydrogen-bond donors (Lipinski definition) is 0. The third kappa shape index (κ3) is 8.99. The number of halogens is 1. The van der Waals surface area contributed by atoms with Crippen molar-refractivity contribution in [3.63, 3.8) is 0 Å². The summed E-state index contributed by atoms with van der Waals surface area (Å²) in [5, 5.41) is 2.81. The maximum Gasteiger partial charge on any atom is 0.154 e. The Labute approximate surface area is 160 Å². The summed E-state index contributed by atoms with van der Waals surface area (Å²) in [6.07, 6.45) is 0.982. The Hall–Kier alpha value is -0.232. The summed E-state index contributed by atoms with van der Waals surface area (Å²) in [4.78, 5) is 0. The molecule has 0 aliphatic carbocycles. The second kappa shape index (κ2) is 14.1. The molecule has 0 aromatic heterocycles. The van der Waals surface area contributed by atoms with E-state index >= 15 is 0 Å². The summed E-state index contributed by atoms with van der Waals surface area (Å²) in [6, 6.07) is 21.3. The monoisotopic (exact) mass is 522 g/mol. The van der Waals surface area contributed by atoms with E-state index in [2.05, 4.69) is 70.1 Å².